The molecule has 1 aromatic rings. The third kappa shape index (κ3) is 4.80. The van der Waals surface area contributed by atoms with Crippen LogP contribution in [0.4, 0.5) is 5.69 Å². The first kappa shape index (κ1) is 15.2. The Morgan fingerprint density at radius 3 is 2.83 bits per heavy atom. The summed E-state index contributed by atoms with van der Waals surface area (Å²) in [6, 6.07) is 0. The van der Waals surface area contributed by atoms with E-state index in [-0.39, 0.29) is 11.0 Å². The first-order valence-electron chi connectivity index (χ1n) is 6.43. The summed E-state index contributed by atoms with van der Waals surface area (Å²) >= 11 is 3.27. The first-order valence-corrected chi connectivity index (χ1v) is 7.22. The summed E-state index contributed by atoms with van der Waals surface area (Å²) in [6.07, 6.45) is 6.59. The molecule has 0 aliphatic carbocycles. The fourth-order valence-corrected chi connectivity index (χ4v) is 2.11. The Morgan fingerprint density at radius 1 is 1.44 bits per heavy atom. The molecule has 1 rings (SSSR count). The molecule has 0 fully saturated rings. The maximum atomic E-state index is 11.4. The molecule has 2 N–H and O–H groups in total. The molecule has 0 amide bonds. The second-order valence-electron chi connectivity index (χ2n) is 5.40. The van der Waals surface area contributed by atoms with E-state index in [0.29, 0.717) is 4.47 Å². The molecular weight excluding hydrogens is 294 g/mol. The minimum Gasteiger partial charge on any atom is -0.382 e. The lowest BCUT2D eigenvalue weighted by atomic mass is 9.87. The molecule has 0 bridgehead atoms. The molecule has 1 heterocycles. The van der Waals surface area contributed by atoms with Crippen LogP contribution in [-0.2, 0) is 0 Å². The molecule has 102 valence electrons. The molecule has 0 aromatic carbocycles. The normalized spacial score (nSPS) is 11.6. The molecule has 0 radical (unpaired) electrons. The van der Waals surface area contributed by atoms with E-state index < -0.39 is 0 Å². The minimum absolute atomic E-state index is 0.205. The van der Waals surface area contributed by atoms with Crippen LogP contribution in [0.15, 0.2) is 15.5 Å². The molecule has 0 aliphatic heterocycles. The summed E-state index contributed by atoms with van der Waals surface area (Å²) in [5, 5.41) is 9.47. The Bertz CT molecular complexity index is 428. The number of H-pyrrole nitrogens is 1. The molecule has 5 heteroatoms. The lowest BCUT2D eigenvalue weighted by molar-refractivity contribution is 0.342. The van der Waals surface area contributed by atoms with Gasteiger partial charge in [-0.25, -0.2) is 5.10 Å². The second-order valence-corrected chi connectivity index (χ2v) is 6.19. The van der Waals surface area contributed by atoms with Crippen molar-refractivity contribution in [3.63, 3.8) is 0 Å². The van der Waals surface area contributed by atoms with Gasteiger partial charge in [0.1, 0.15) is 4.47 Å². The molecule has 18 heavy (non-hydrogen) atoms. The highest BCUT2D eigenvalue weighted by molar-refractivity contribution is 9.10. The summed E-state index contributed by atoms with van der Waals surface area (Å²) in [7, 11) is 0. The fraction of sp³-hybridized carbons (Fsp3) is 0.692. The molecule has 0 aliphatic rings. The molecule has 1 aromatic heterocycles. The Hall–Kier alpha value is -0.840. The predicted molar refractivity (Wildman–Crippen MR) is 79.0 cm³/mol. The van der Waals surface area contributed by atoms with Crippen molar-refractivity contribution in [2.45, 2.75) is 46.5 Å². The van der Waals surface area contributed by atoms with E-state index in [9.17, 15) is 4.79 Å². The third-order valence-corrected chi connectivity index (χ3v) is 3.80. The van der Waals surface area contributed by atoms with Crippen LogP contribution < -0.4 is 10.9 Å². The highest BCUT2D eigenvalue weighted by Crippen LogP contribution is 2.25. The van der Waals surface area contributed by atoms with E-state index in [1.165, 1.54) is 25.7 Å². The van der Waals surface area contributed by atoms with E-state index in [4.69, 9.17) is 0 Å². The molecular formula is C13H22BrN3O. The van der Waals surface area contributed by atoms with Crippen LogP contribution in [0.3, 0.4) is 0 Å². The van der Waals surface area contributed by atoms with Crippen LogP contribution in [0.1, 0.15) is 46.5 Å². The fourth-order valence-electron chi connectivity index (χ4n) is 1.78. The molecule has 0 saturated carbocycles. The Kier molecular flexibility index (Phi) is 5.85. The van der Waals surface area contributed by atoms with Crippen molar-refractivity contribution >= 4 is 21.6 Å². The number of aromatic nitrogens is 2. The summed E-state index contributed by atoms with van der Waals surface area (Å²) in [5.41, 5.74) is 0.767. The molecule has 0 saturated heterocycles. The van der Waals surface area contributed by atoms with E-state index >= 15 is 0 Å². The predicted octanol–water partition coefficient (Wildman–Crippen LogP) is 3.55. The summed E-state index contributed by atoms with van der Waals surface area (Å²) in [4.78, 5) is 11.4. The summed E-state index contributed by atoms with van der Waals surface area (Å²) in [6.45, 7) is 7.53. The maximum Gasteiger partial charge on any atom is 0.280 e. The van der Waals surface area contributed by atoms with Crippen molar-refractivity contribution in [2.24, 2.45) is 5.41 Å². The van der Waals surface area contributed by atoms with Gasteiger partial charge in [-0.3, -0.25) is 4.79 Å². The van der Waals surface area contributed by atoms with E-state index in [1.54, 1.807) is 6.20 Å². The van der Waals surface area contributed by atoms with Gasteiger partial charge in [0.2, 0.25) is 0 Å². The van der Waals surface area contributed by atoms with Gasteiger partial charge in [0, 0.05) is 6.54 Å². The van der Waals surface area contributed by atoms with Crippen molar-refractivity contribution in [3.8, 4) is 0 Å². The largest absolute Gasteiger partial charge is 0.382 e. The zero-order valence-corrected chi connectivity index (χ0v) is 12.9. The topological polar surface area (TPSA) is 57.8 Å². The average Bonchev–Trinajstić information content (AvgIpc) is 2.31. The van der Waals surface area contributed by atoms with E-state index in [1.807, 2.05) is 0 Å². The Balaban J connectivity index is 2.53. The van der Waals surface area contributed by atoms with Gasteiger partial charge in [-0.05, 0) is 27.8 Å². The third-order valence-electron chi connectivity index (χ3n) is 3.01. The molecule has 4 nitrogen and oxygen atoms in total. The van der Waals surface area contributed by atoms with Crippen LogP contribution in [0.2, 0.25) is 0 Å². The lowest BCUT2D eigenvalue weighted by Crippen LogP contribution is -2.24. The highest BCUT2D eigenvalue weighted by Gasteiger charge is 2.17. The number of aromatic amines is 1. The number of nitrogens with one attached hydrogen (secondary N) is 2. The van der Waals surface area contributed by atoms with Crippen LogP contribution in [-0.4, -0.2) is 16.7 Å². The van der Waals surface area contributed by atoms with Crippen molar-refractivity contribution in [3.05, 3.63) is 21.0 Å². The smallest absolute Gasteiger partial charge is 0.280 e. The van der Waals surface area contributed by atoms with Crippen molar-refractivity contribution < 1.29 is 0 Å². The molecule has 0 atom stereocenters. The van der Waals surface area contributed by atoms with Crippen LogP contribution in [0.5, 0.6) is 0 Å². The number of anilines is 1. The number of nitrogens with zero attached hydrogens (tertiary/aromatic N) is 1. The Labute approximate surface area is 117 Å². The zero-order valence-electron chi connectivity index (χ0n) is 11.3. The van der Waals surface area contributed by atoms with Crippen molar-refractivity contribution in [1.82, 2.24) is 10.2 Å². The van der Waals surface area contributed by atoms with Crippen molar-refractivity contribution in [1.29, 1.82) is 0 Å². The van der Waals surface area contributed by atoms with Crippen LogP contribution >= 0.6 is 15.9 Å². The monoisotopic (exact) mass is 315 g/mol. The van der Waals surface area contributed by atoms with Gasteiger partial charge in [0.25, 0.3) is 5.56 Å². The van der Waals surface area contributed by atoms with Crippen LogP contribution in [0, 0.1) is 5.41 Å². The minimum atomic E-state index is -0.205. The van der Waals surface area contributed by atoms with Gasteiger partial charge in [-0.1, -0.05) is 40.0 Å². The number of halogens is 1. The molecule has 0 spiro atoms. The number of hydrogen-bond acceptors (Lipinski definition) is 3. The standard InChI is InChI=1S/C13H22BrN3O/c1-4-5-6-7-13(2,3)9-15-10-8-16-17-12(18)11(10)14/h8H,4-7,9H2,1-3H3,(H2,15,17,18). The quantitative estimate of drug-likeness (QED) is 0.756. The molecule has 0 unspecified atom stereocenters. The lowest BCUT2D eigenvalue weighted by Gasteiger charge is -2.25. The van der Waals surface area contributed by atoms with Gasteiger partial charge >= 0.3 is 0 Å². The Morgan fingerprint density at radius 2 is 2.17 bits per heavy atom. The van der Waals surface area contributed by atoms with Crippen LogP contribution in [0.25, 0.3) is 0 Å². The zero-order chi connectivity index (χ0) is 13.6. The van der Waals surface area contributed by atoms with Gasteiger partial charge in [0.05, 0.1) is 11.9 Å². The number of unbranched alkanes of at least 4 members (excludes halogenated alkanes) is 2. The van der Waals surface area contributed by atoms with Crippen molar-refractivity contribution in [2.75, 3.05) is 11.9 Å². The SMILES string of the molecule is CCCCCC(C)(C)CNc1cn[nH]c(=O)c1Br. The van der Waals surface area contributed by atoms with Gasteiger partial charge < -0.3 is 5.32 Å². The van der Waals surface area contributed by atoms with E-state index in [0.717, 1.165) is 12.2 Å². The van der Waals surface area contributed by atoms with E-state index in [2.05, 4.69) is 52.2 Å². The average molecular weight is 316 g/mol. The number of rotatable bonds is 7. The summed E-state index contributed by atoms with van der Waals surface area (Å²) < 4.78 is 0.516. The second kappa shape index (κ2) is 6.92. The maximum absolute atomic E-state index is 11.4. The highest BCUT2D eigenvalue weighted by atomic mass is 79.9. The van der Waals surface area contributed by atoms with Gasteiger partial charge in [0.15, 0.2) is 0 Å². The van der Waals surface area contributed by atoms with Gasteiger partial charge in [-0.15, -0.1) is 0 Å². The van der Waals surface area contributed by atoms with Gasteiger partial charge in [-0.2, -0.15) is 5.10 Å². The first-order chi connectivity index (χ1) is 8.46. The summed E-state index contributed by atoms with van der Waals surface area (Å²) in [5.74, 6) is 0. The number of hydrogen-bond donors (Lipinski definition) is 2.